The highest BCUT2D eigenvalue weighted by atomic mass is 16.2. The molecule has 5 aromatic heterocycles. The number of aromatic nitrogens is 6. The molecule has 1 saturated carbocycles. The standard InChI is InChI=1S/C38H43N11O3/c1-45(2)36(52)30-17-24-19-40-37(44-34(24)49(30)25-5-3-4-6-25)42-31-9-7-27(20-39-31)46-15-12-38(13-16-46)22-48(23-38)26-11-14-47-21-29(41-32(47)18-26)28-8-10-33(50)43-35(28)51/h7,9,11,14,17-21,25,28H,3-6,8,10,12-13,15-16,22-23H2,1-2H3,(H,43,50,51)(H,39,40,42,44). The lowest BCUT2D eigenvalue weighted by Gasteiger charge is -2.55. The number of hydrogen-bond acceptors (Lipinski definition) is 10. The number of anilines is 4. The smallest absolute Gasteiger partial charge is 0.270 e. The van der Waals surface area contributed by atoms with E-state index in [1.807, 2.05) is 35.1 Å². The third-order valence-corrected chi connectivity index (χ3v) is 11.5. The van der Waals surface area contributed by atoms with Crippen LogP contribution >= 0.6 is 0 Å². The predicted octanol–water partition coefficient (Wildman–Crippen LogP) is 4.66. The molecule has 52 heavy (non-hydrogen) atoms. The van der Waals surface area contributed by atoms with Crippen LogP contribution in [0.2, 0.25) is 0 Å². The van der Waals surface area contributed by atoms with E-state index < -0.39 is 0 Å². The van der Waals surface area contributed by atoms with E-state index in [4.69, 9.17) is 15.0 Å². The molecule has 5 aromatic rings. The number of imide groups is 1. The van der Waals surface area contributed by atoms with Crippen LogP contribution in [0.15, 0.2) is 55.1 Å². The van der Waals surface area contributed by atoms with Crippen molar-refractivity contribution in [2.45, 2.75) is 63.3 Å². The van der Waals surface area contributed by atoms with Crippen LogP contribution in [0.3, 0.4) is 0 Å². The van der Waals surface area contributed by atoms with Crippen LogP contribution in [0, 0.1) is 5.41 Å². The van der Waals surface area contributed by atoms with Crippen molar-refractivity contribution < 1.29 is 14.4 Å². The average Bonchev–Trinajstić information content (AvgIpc) is 3.89. The van der Waals surface area contributed by atoms with E-state index in [0.717, 1.165) is 92.8 Å². The largest absolute Gasteiger partial charge is 0.370 e. The summed E-state index contributed by atoms with van der Waals surface area (Å²) in [6.45, 7) is 3.97. The SMILES string of the molecule is CN(C)C(=O)c1cc2cnc(Nc3ccc(N4CCC5(CC4)CN(c4ccn6cc(C7CCC(=O)NC7=O)nc6c4)C5)cn3)nc2n1C1CCCC1. The fourth-order valence-electron chi connectivity index (χ4n) is 8.59. The Bertz CT molecular complexity index is 2180. The zero-order valence-electron chi connectivity index (χ0n) is 29.6. The van der Waals surface area contributed by atoms with E-state index in [2.05, 4.69) is 48.2 Å². The number of rotatable bonds is 7. The van der Waals surface area contributed by atoms with Gasteiger partial charge in [0.2, 0.25) is 17.8 Å². The van der Waals surface area contributed by atoms with Gasteiger partial charge in [-0.1, -0.05) is 12.8 Å². The van der Waals surface area contributed by atoms with Crippen molar-refractivity contribution in [1.29, 1.82) is 0 Å². The molecule has 1 atom stereocenters. The molecular formula is C38H43N11O3. The first-order valence-corrected chi connectivity index (χ1v) is 18.4. The molecule has 2 N–H and O–H groups in total. The highest BCUT2D eigenvalue weighted by Gasteiger charge is 2.45. The number of pyridine rings is 2. The number of piperidine rings is 2. The van der Waals surface area contributed by atoms with Crippen LogP contribution < -0.4 is 20.4 Å². The number of nitrogens with one attached hydrogen (secondary N) is 2. The summed E-state index contributed by atoms with van der Waals surface area (Å²) >= 11 is 0. The maximum atomic E-state index is 13.1. The Hall–Kier alpha value is -5.53. The van der Waals surface area contributed by atoms with Crippen LogP contribution in [0.4, 0.5) is 23.1 Å². The number of nitrogens with zero attached hydrogens (tertiary/aromatic N) is 9. The van der Waals surface area contributed by atoms with Gasteiger partial charge in [0.05, 0.1) is 23.5 Å². The van der Waals surface area contributed by atoms with E-state index in [1.165, 1.54) is 0 Å². The minimum absolute atomic E-state index is 0.0225. The molecule has 0 bridgehead atoms. The van der Waals surface area contributed by atoms with Crippen molar-refractivity contribution in [2.75, 3.05) is 55.4 Å². The monoisotopic (exact) mass is 701 g/mol. The van der Waals surface area contributed by atoms with E-state index in [-0.39, 0.29) is 29.7 Å². The molecular weight excluding hydrogens is 658 g/mol. The van der Waals surface area contributed by atoms with Gasteiger partial charge in [-0.25, -0.2) is 15.0 Å². The van der Waals surface area contributed by atoms with Gasteiger partial charge in [0.1, 0.15) is 22.8 Å². The number of imidazole rings is 1. The van der Waals surface area contributed by atoms with Crippen LogP contribution in [-0.2, 0) is 9.59 Å². The lowest BCUT2D eigenvalue weighted by Crippen LogP contribution is -2.60. The molecule has 4 fully saturated rings. The van der Waals surface area contributed by atoms with E-state index in [1.54, 1.807) is 25.2 Å². The summed E-state index contributed by atoms with van der Waals surface area (Å²) < 4.78 is 4.08. The summed E-state index contributed by atoms with van der Waals surface area (Å²) in [6.07, 6.45) is 15.1. The maximum Gasteiger partial charge on any atom is 0.270 e. The van der Waals surface area contributed by atoms with Gasteiger partial charge in [-0.05, 0) is 56.4 Å². The van der Waals surface area contributed by atoms with E-state index in [0.29, 0.717) is 41.4 Å². The van der Waals surface area contributed by atoms with Crippen LogP contribution in [0.1, 0.15) is 79.5 Å². The molecule has 3 saturated heterocycles. The van der Waals surface area contributed by atoms with Gasteiger partial charge in [0.15, 0.2) is 0 Å². The quantitative estimate of drug-likeness (QED) is 0.230. The highest BCUT2D eigenvalue weighted by molar-refractivity contribution is 6.01. The van der Waals surface area contributed by atoms with Gasteiger partial charge in [0, 0.05) is 93.9 Å². The molecule has 1 aliphatic carbocycles. The van der Waals surface area contributed by atoms with Crippen molar-refractivity contribution in [1.82, 2.24) is 39.1 Å². The van der Waals surface area contributed by atoms with E-state index in [9.17, 15) is 14.4 Å². The number of carbonyl (C=O) groups excluding carboxylic acids is 3. The molecule has 3 aliphatic heterocycles. The number of fused-ring (bicyclic) bond motifs is 2. The third-order valence-electron chi connectivity index (χ3n) is 11.5. The maximum absolute atomic E-state index is 13.1. The van der Waals surface area contributed by atoms with Crippen molar-refractivity contribution in [3.8, 4) is 0 Å². The van der Waals surface area contributed by atoms with Gasteiger partial charge < -0.3 is 29.0 Å². The second-order valence-corrected chi connectivity index (χ2v) is 15.2. The summed E-state index contributed by atoms with van der Waals surface area (Å²) in [5.41, 5.74) is 5.52. The molecule has 1 unspecified atom stereocenters. The first kappa shape index (κ1) is 32.4. The van der Waals surface area contributed by atoms with Gasteiger partial charge in [-0.15, -0.1) is 0 Å². The molecule has 0 radical (unpaired) electrons. The fourth-order valence-corrected chi connectivity index (χ4v) is 8.59. The first-order valence-electron chi connectivity index (χ1n) is 18.4. The molecule has 4 aliphatic rings. The van der Waals surface area contributed by atoms with Crippen LogP contribution in [0.5, 0.6) is 0 Å². The van der Waals surface area contributed by atoms with Gasteiger partial charge in [0.25, 0.3) is 5.91 Å². The fraction of sp³-hybridized carbons (Fsp3) is 0.447. The topological polar surface area (TPSA) is 146 Å². The minimum Gasteiger partial charge on any atom is -0.370 e. The number of carbonyl (C=O) groups is 3. The Balaban J connectivity index is 0.822. The van der Waals surface area contributed by atoms with Gasteiger partial charge in [-0.2, -0.15) is 4.98 Å². The number of amides is 3. The summed E-state index contributed by atoms with van der Waals surface area (Å²) in [5, 5.41) is 6.59. The Morgan fingerprint density at radius 2 is 1.75 bits per heavy atom. The molecule has 8 heterocycles. The highest BCUT2D eigenvalue weighted by Crippen LogP contribution is 2.44. The first-order chi connectivity index (χ1) is 25.2. The van der Waals surface area contributed by atoms with Crippen molar-refractivity contribution in [3.63, 3.8) is 0 Å². The molecule has 9 rings (SSSR count). The van der Waals surface area contributed by atoms with Crippen molar-refractivity contribution >= 4 is 57.5 Å². The second kappa shape index (κ2) is 12.6. The average molecular weight is 702 g/mol. The Kier molecular flexibility index (Phi) is 7.85. The third kappa shape index (κ3) is 5.79. The predicted molar refractivity (Wildman–Crippen MR) is 197 cm³/mol. The molecule has 3 amide bonds. The summed E-state index contributed by atoms with van der Waals surface area (Å²) in [4.78, 5) is 62.4. The Morgan fingerprint density at radius 1 is 0.942 bits per heavy atom. The van der Waals surface area contributed by atoms with E-state index >= 15 is 0 Å². The zero-order chi connectivity index (χ0) is 35.6. The molecule has 14 heteroatoms. The number of hydrogen-bond donors (Lipinski definition) is 2. The van der Waals surface area contributed by atoms with Gasteiger partial charge in [-0.3, -0.25) is 19.7 Å². The Labute approximate surface area is 301 Å². The summed E-state index contributed by atoms with van der Waals surface area (Å²) in [7, 11) is 3.57. The van der Waals surface area contributed by atoms with Crippen molar-refractivity contribution in [3.05, 3.63) is 66.5 Å². The zero-order valence-corrected chi connectivity index (χ0v) is 29.6. The summed E-state index contributed by atoms with van der Waals surface area (Å²) in [5.74, 6) is 0.251. The molecule has 14 nitrogen and oxygen atoms in total. The normalized spacial score (nSPS) is 20.5. The van der Waals surface area contributed by atoms with Crippen LogP contribution in [-0.4, -0.2) is 91.8 Å². The lowest BCUT2D eigenvalue weighted by molar-refractivity contribution is -0.134. The minimum atomic E-state index is -0.388. The summed E-state index contributed by atoms with van der Waals surface area (Å²) in [6, 6.07) is 10.5. The molecule has 0 aromatic carbocycles. The van der Waals surface area contributed by atoms with Gasteiger partial charge >= 0.3 is 0 Å². The van der Waals surface area contributed by atoms with Crippen LogP contribution in [0.25, 0.3) is 16.7 Å². The molecule has 1 spiro atoms. The lowest BCUT2D eigenvalue weighted by atomic mass is 9.71. The molecule has 268 valence electrons. The van der Waals surface area contributed by atoms with Crippen molar-refractivity contribution in [2.24, 2.45) is 5.41 Å². The Morgan fingerprint density at radius 3 is 2.48 bits per heavy atom. The second-order valence-electron chi connectivity index (χ2n) is 15.2.